The van der Waals surface area contributed by atoms with Crippen LogP contribution in [0.15, 0.2) is 6.20 Å². The van der Waals surface area contributed by atoms with Crippen LogP contribution in [0.1, 0.15) is 17.6 Å². The van der Waals surface area contributed by atoms with Gasteiger partial charge in [0.2, 0.25) is 0 Å². The van der Waals surface area contributed by atoms with Crippen molar-refractivity contribution in [3.8, 4) is 5.75 Å². The summed E-state index contributed by atoms with van der Waals surface area (Å²) in [5, 5.41) is 8.19. The number of halogens is 3. The first-order valence-corrected chi connectivity index (χ1v) is 4.56. The van der Waals surface area contributed by atoms with Gasteiger partial charge in [-0.05, 0) is 0 Å². The number of ether oxygens (including phenoxy) is 1. The zero-order chi connectivity index (χ0) is 12.3. The molecule has 0 aliphatic carbocycles. The summed E-state index contributed by atoms with van der Waals surface area (Å²) in [6.45, 7) is 0. The number of aromatic nitrogens is 1. The van der Waals surface area contributed by atoms with Crippen molar-refractivity contribution in [1.82, 2.24) is 4.98 Å². The Hall–Kier alpha value is -1.43. The van der Waals surface area contributed by atoms with Crippen LogP contribution < -0.4 is 4.74 Å². The van der Waals surface area contributed by atoms with Gasteiger partial charge in [0.15, 0.2) is 0 Å². The van der Waals surface area contributed by atoms with Crippen molar-refractivity contribution in [3.05, 3.63) is 22.5 Å². The highest BCUT2D eigenvalue weighted by Gasteiger charge is 2.23. The molecule has 7 heteroatoms. The number of nitrogens with zero attached hydrogens (tertiary/aromatic N) is 1. The number of carboxylic acids is 1. The normalized spacial score (nSPS) is 10.6. The van der Waals surface area contributed by atoms with Crippen molar-refractivity contribution in [2.45, 2.75) is 12.8 Å². The molecule has 16 heavy (non-hydrogen) atoms. The highest BCUT2D eigenvalue weighted by atomic mass is 35.5. The molecule has 0 aromatic carbocycles. The predicted octanol–water partition coefficient (Wildman–Crippen LogP) is 2.31. The smallest absolute Gasteiger partial charge is 0.308 e. The average molecular weight is 252 g/mol. The van der Waals surface area contributed by atoms with Gasteiger partial charge in [-0.1, -0.05) is 11.6 Å². The number of aliphatic carboxylic acids is 1. The van der Waals surface area contributed by atoms with Gasteiger partial charge in [-0.15, -0.1) is 0 Å². The molecule has 0 unspecified atom stereocenters. The lowest BCUT2D eigenvalue weighted by molar-refractivity contribution is -0.136. The summed E-state index contributed by atoms with van der Waals surface area (Å²) in [5.41, 5.74) is -0.516. The zero-order valence-electron chi connectivity index (χ0n) is 8.21. The van der Waals surface area contributed by atoms with Crippen LogP contribution in [0.4, 0.5) is 8.78 Å². The molecule has 0 spiro atoms. The van der Waals surface area contributed by atoms with Crippen molar-refractivity contribution in [1.29, 1.82) is 0 Å². The maximum Gasteiger partial charge on any atom is 0.308 e. The van der Waals surface area contributed by atoms with Crippen molar-refractivity contribution < 1.29 is 23.4 Å². The molecule has 0 radical (unpaired) electrons. The number of hydrogen-bond donors (Lipinski definition) is 1. The highest BCUT2D eigenvalue weighted by Crippen LogP contribution is 2.36. The van der Waals surface area contributed by atoms with Gasteiger partial charge in [-0.2, -0.15) is 0 Å². The molecular weight excluding hydrogens is 244 g/mol. The van der Waals surface area contributed by atoms with E-state index in [0.29, 0.717) is 0 Å². The minimum Gasteiger partial charge on any atom is -0.496 e. The Labute approximate surface area is 94.8 Å². The molecule has 0 aliphatic rings. The lowest BCUT2D eigenvalue weighted by atomic mass is 10.1. The second-order valence-corrected chi connectivity index (χ2v) is 3.25. The number of methoxy groups -OCH3 is 1. The van der Waals surface area contributed by atoms with Crippen LogP contribution in [0.25, 0.3) is 0 Å². The van der Waals surface area contributed by atoms with Gasteiger partial charge in [0.25, 0.3) is 6.43 Å². The van der Waals surface area contributed by atoms with E-state index >= 15 is 0 Å². The first-order valence-electron chi connectivity index (χ1n) is 4.18. The fourth-order valence-electron chi connectivity index (χ4n) is 1.25. The number of pyridine rings is 1. The molecule has 0 saturated heterocycles. The van der Waals surface area contributed by atoms with E-state index in [4.69, 9.17) is 21.4 Å². The van der Waals surface area contributed by atoms with Crippen LogP contribution in [0.5, 0.6) is 5.75 Å². The van der Waals surface area contributed by atoms with Crippen LogP contribution in [0, 0.1) is 0 Å². The molecule has 0 bridgehead atoms. The quantitative estimate of drug-likeness (QED) is 0.834. The van der Waals surface area contributed by atoms with Gasteiger partial charge in [0.05, 0.1) is 19.1 Å². The molecule has 0 amide bonds. The summed E-state index contributed by atoms with van der Waals surface area (Å²) < 4.78 is 30.0. The molecule has 0 fully saturated rings. The second kappa shape index (κ2) is 5.07. The Bertz CT molecular complexity index is 412. The number of hydrogen-bond acceptors (Lipinski definition) is 3. The van der Waals surface area contributed by atoms with Crippen molar-refractivity contribution in [2.75, 3.05) is 7.11 Å². The summed E-state index contributed by atoms with van der Waals surface area (Å²) in [7, 11) is 1.17. The first kappa shape index (κ1) is 12.6. The first-order chi connectivity index (χ1) is 7.47. The van der Waals surface area contributed by atoms with Crippen LogP contribution in [0.2, 0.25) is 5.15 Å². The van der Waals surface area contributed by atoms with Crippen LogP contribution in [0.3, 0.4) is 0 Å². The lowest BCUT2D eigenvalue weighted by Gasteiger charge is -2.12. The summed E-state index contributed by atoms with van der Waals surface area (Å²) in [5.74, 6) is -1.39. The van der Waals surface area contributed by atoms with E-state index in [1.54, 1.807) is 0 Å². The SMILES string of the molecule is COc1c(CC(=O)O)cnc(Cl)c1C(F)F. The molecule has 1 N–H and O–H groups in total. The molecule has 1 aromatic heterocycles. The maximum atomic E-state index is 12.6. The minimum atomic E-state index is -2.87. The van der Waals surface area contributed by atoms with Crippen LogP contribution >= 0.6 is 11.6 Å². The van der Waals surface area contributed by atoms with Gasteiger partial charge in [-0.25, -0.2) is 13.8 Å². The second-order valence-electron chi connectivity index (χ2n) is 2.89. The maximum absolute atomic E-state index is 12.6. The van der Waals surface area contributed by atoms with Gasteiger partial charge in [0.1, 0.15) is 10.9 Å². The van der Waals surface area contributed by atoms with Gasteiger partial charge >= 0.3 is 5.97 Å². The molecule has 0 atom stereocenters. The zero-order valence-corrected chi connectivity index (χ0v) is 8.96. The third-order valence-corrected chi connectivity index (χ3v) is 2.16. The Morgan fingerprint density at radius 2 is 2.31 bits per heavy atom. The predicted molar refractivity (Wildman–Crippen MR) is 52.1 cm³/mol. The van der Waals surface area contributed by atoms with E-state index in [0.717, 1.165) is 6.20 Å². The van der Waals surface area contributed by atoms with E-state index in [2.05, 4.69) is 4.98 Å². The lowest BCUT2D eigenvalue weighted by Crippen LogP contribution is -2.06. The third kappa shape index (κ3) is 2.57. The topological polar surface area (TPSA) is 59.4 Å². The van der Waals surface area contributed by atoms with Crippen molar-refractivity contribution in [2.24, 2.45) is 0 Å². The third-order valence-electron chi connectivity index (χ3n) is 1.86. The Morgan fingerprint density at radius 3 is 2.75 bits per heavy atom. The fourth-order valence-corrected chi connectivity index (χ4v) is 1.47. The number of carbonyl (C=O) groups is 1. The highest BCUT2D eigenvalue weighted by molar-refractivity contribution is 6.30. The number of alkyl halides is 2. The van der Waals surface area contributed by atoms with Crippen LogP contribution in [-0.4, -0.2) is 23.2 Å². The van der Waals surface area contributed by atoms with E-state index in [1.165, 1.54) is 7.11 Å². The fraction of sp³-hybridized carbons (Fsp3) is 0.333. The number of rotatable bonds is 4. The summed E-state index contributed by atoms with van der Waals surface area (Å²) in [6, 6.07) is 0. The summed E-state index contributed by atoms with van der Waals surface area (Å²) in [6.07, 6.45) is -2.21. The summed E-state index contributed by atoms with van der Waals surface area (Å²) in [4.78, 5) is 14.0. The number of carboxylic acid groups (broad SMARTS) is 1. The Balaban J connectivity index is 3.30. The molecule has 1 aromatic rings. The molecule has 0 aliphatic heterocycles. The summed E-state index contributed by atoms with van der Waals surface area (Å²) >= 11 is 5.49. The van der Waals surface area contributed by atoms with Crippen molar-refractivity contribution in [3.63, 3.8) is 0 Å². The molecular formula is C9H8ClF2NO3. The molecule has 4 nitrogen and oxygen atoms in total. The Kier molecular flexibility index (Phi) is 4.00. The van der Waals surface area contributed by atoms with E-state index < -0.39 is 24.4 Å². The van der Waals surface area contributed by atoms with E-state index in [-0.39, 0.29) is 16.5 Å². The largest absolute Gasteiger partial charge is 0.496 e. The van der Waals surface area contributed by atoms with Gasteiger partial charge in [-0.3, -0.25) is 4.79 Å². The molecule has 1 rings (SSSR count). The average Bonchev–Trinajstić information content (AvgIpc) is 2.18. The van der Waals surface area contributed by atoms with Gasteiger partial charge in [0, 0.05) is 11.8 Å². The molecule has 88 valence electrons. The molecule has 0 saturated carbocycles. The van der Waals surface area contributed by atoms with Gasteiger partial charge < -0.3 is 9.84 Å². The van der Waals surface area contributed by atoms with Crippen molar-refractivity contribution >= 4 is 17.6 Å². The van der Waals surface area contributed by atoms with Crippen LogP contribution in [-0.2, 0) is 11.2 Å². The Morgan fingerprint density at radius 1 is 1.69 bits per heavy atom. The van der Waals surface area contributed by atoms with E-state index in [1.807, 2.05) is 0 Å². The standard InChI is InChI=1S/C9H8ClF2NO3/c1-16-7-4(2-5(14)15)3-13-8(10)6(7)9(11)12/h3,9H,2H2,1H3,(H,14,15). The van der Waals surface area contributed by atoms with E-state index in [9.17, 15) is 13.6 Å². The monoisotopic (exact) mass is 251 g/mol. The minimum absolute atomic E-state index is 0.0645. The molecule has 1 heterocycles.